The third-order valence-corrected chi connectivity index (χ3v) is 3.18. The molecular weight excluding hydrogens is 226 g/mol. The zero-order valence-corrected chi connectivity index (χ0v) is 9.87. The summed E-state index contributed by atoms with van der Waals surface area (Å²) in [5.41, 5.74) is -0.596. The molecule has 88 valence electrons. The molecule has 0 bridgehead atoms. The van der Waals surface area contributed by atoms with Gasteiger partial charge in [-0.05, 0) is 12.8 Å². The molecule has 2 N–H and O–H groups in total. The Morgan fingerprint density at radius 3 is 2.50 bits per heavy atom. The number of hydrogen-bond donors (Lipinski definition) is 2. The molecule has 1 aliphatic carbocycles. The van der Waals surface area contributed by atoms with Crippen LogP contribution in [0.2, 0.25) is 5.02 Å². The average molecular weight is 242 g/mol. The standard InChI is InChI=1S/C11H16ClN3O/c12-9-6-13-10(14-7-9)15-8-11(16)4-2-1-3-5-11/h6-7,16H,1-5,8H2,(H,13,14,15). The molecule has 1 fully saturated rings. The Bertz CT molecular complexity index is 336. The number of nitrogens with zero attached hydrogens (tertiary/aromatic N) is 2. The molecule has 2 rings (SSSR count). The molecule has 0 unspecified atom stereocenters. The summed E-state index contributed by atoms with van der Waals surface area (Å²) >= 11 is 5.69. The van der Waals surface area contributed by atoms with Gasteiger partial charge >= 0.3 is 0 Å². The first-order chi connectivity index (χ1) is 7.68. The van der Waals surface area contributed by atoms with Gasteiger partial charge in [-0.25, -0.2) is 9.97 Å². The molecule has 0 atom stereocenters. The Hall–Kier alpha value is -0.870. The molecule has 0 radical (unpaired) electrons. The summed E-state index contributed by atoms with van der Waals surface area (Å²) in [6.07, 6.45) is 8.21. The van der Waals surface area contributed by atoms with Crippen LogP contribution in [0.15, 0.2) is 12.4 Å². The van der Waals surface area contributed by atoms with E-state index >= 15 is 0 Å². The van der Waals surface area contributed by atoms with Gasteiger partial charge in [-0.15, -0.1) is 0 Å². The molecule has 16 heavy (non-hydrogen) atoms. The minimum atomic E-state index is -0.596. The highest BCUT2D eigenvalue weighted by atomic mass is 35.5. The van der Waals surface area contributed by atoms with Gasteiger partial charge in [0.2, 0.25) is 5.95 Å². The molecule has 0 amide bonds. The predicted octanol–water partition coefficient (Wildman–Crippen LogP) is 2.24. The SMILES string of the molecule is OC1(CNc2ncc(Cl)cn2)CCCCC1. The highest BCUT2D eigenvalue weighted by Crippen LogP contribution is 2.27. The monoisotopic (exact) mass is 241 g/mol. The van der Waals surface area contributed by atoms with Crippen molar-refractivity contribution in [3.8, 4) is 0 Å². The molecular formula is C11H16ClN3O. The van der Waals surface area contributed by atoms with Gasteiger partial charge in [0.1, 0.15) is 0 Å². The Kier molecular flexibility index (Phi) is 3.61. The second-order valence-electron chi connectivity index (χ2n) is 4.36. The van der Waals surface area contributed by atoms with Crippen LogP contribution in [-0.4, -0.2) is 27.2 Å². The number of rotatable bonds is 3. The summed E-state index contributed by atoms with van der Waals surface area (Å²) in [5, 5.41) is 13.8. The molecule has 0 aliphatic heterocycles. The fraction of sp³-hybridized carbons (Fsp3) is 0.636. The lowest BCUT2D eigenvalue weighted by Crippen LogP contribution is -2.39. The first kappa shape index (κ1) is 11.6. The molecule has 0 spiro atoms. The first-order valence-corrected chi connectivity index (χ1v) is 6.00. The highest BCUT2D eigenvalue weighted by Gasteiger charge is 2.28. The fourth-order valence-electron chi connectivity index (χ4n) is 2.03. The molecule has 1 aromatic heterocycles. The Labute approximate surface area is 100 Å². The summed E-state index contributed by atoms with van der Waals surface area (Å²) in [7, 11) is 0. The molecule has 1 saturated carbocycles. The third kappa shape index (κ3) is 3.06. The third-order valence-electron chi connectivity index (χ3n) is 2.98. The Morgan fingerprint density at radius 1 is 1.25 bits per heavy atom. The van der Waals surface area contributed by atoms with Crippen molar-refractivity contribution >= 4 is 17.5 Å². The molecule has 5 heteroatoms. The maximum atomic E-state index is 10.2. The van der Waals surface area contributed by atoms with Gasteiger partial charge in [0.05, 0.1) is 23.0 Å². The van der Waals surface area contributed by atoms with E-state index in [0.29, 0.717) is 17.5 Å². The highest BCUT2D eigenvalue weighted by molar-refractivity contribution is 6.30. The quantitative estimate of drug-likeness (QED) is 0.852. The van der Waals surface area contributed by atoms with Gasteiger partial charge in [0.15, 0.2) is 0 Å². The van der Waals surface area contributed by atoms with Gasteiger partial charge in [0, 0.05) is 6.54 Å². The van der Waals surface area contributed by atoms with Crippen molar-refractivity contribution in [2.24, 2.45) is 0 Å². The van der Waals surface area contributed by atoms with Crippen LogP contribution in [0, 0.1) is 0 Å². The maximum Gasteiger partial charge on any atom is 0.222 e. The largest absolute Gasteiger partial charge is 0.388 e. The maximum absolute atomic E-state index is 10.2. The van der Waals surface area contributed by atoms with Gasteiger partial charge in [0.25, 0.3) is 0 Å². The molecule has 1 aliphatic rings. The number of nitrogens with one attached hydrogen (secondary N) is 1. The predicted molar refractivity (Wildman–Crippen MR) is 63.6 cm³/mol. The minimum absolute atomic E-state index is 0.509. The van der Waals surface area contributed by atoms with E-state index in [4.69, 9.17) is 11.6 Å². The number of hydrogen-bond acceptors (Lipinski definition) is 4. The van der Waals surface area contributed by atoms with Crippen LogP contribution in [0.3, 0.4) is 0 Å². The zero-order valence-electron chi connectivity index (χ0n) is 9.12. The number of aromatic nitrogens is 2. The van der Waals surface area contributed by atoms with E-state index in [-0.39, 0.29) is 0 Å². The van der Waals surface area contributed by atoms with Gasteiger partial charge < -0.3 is 10.4 Å². The second-order valence-corrected chi connectivity index (χ2v) is 4.80. The Balaban J connectivity index is 1.88. The van der Waals surface area contributed by atoms with Crippen LogP contribution in [0.5, 0.6) is 0 Å². The molecule has 1 aromatic rings. The van der Waals surface area contributed by atoms with E-state index in [1.165, 1.54) is 6.42 Å². The summed E-state index contributed by atoms with van der Waals surface area (Å²) in [6, 6.07) is 0. The Morgan fingerprint density at radius 2 is 1.88 bits per heavy atom. The van der Waals surface area contributed by atoms with Crippen LogP contribution < -0.4 is 5.32 Å². The van der Waals surface area contributed by atoms with E-state index in [2.05, 4.69) is 15.3 Å². The van der Waals surface area contributed by atoms with E-state index in [1.807, 2.05) is 0 Å². The second kappa shape index (κ2) is 4.97. The van der Waals surface area contributed by atoms with Crippen molar-refractivity contribution in [2.45, 2.75) is 37.7 Å². The molecule has 0 aromatic carbocycles. The zero-order chi connectivity index (χ0) is 11.4. The lowest BCUT2D eigenvalue weighted by molar-refractivity contribution is 0.0166. The van der Waals surface area contributed by atoms with Crippen molar-refractivity contribution in [3.05, 3.63) is 17.4 Å². The number of anilines is 1. The van der Waals surface area contributed by atoms with Crippen molar-refractivity contribution in [1.82, 2.24) is 9.97 Å². The summed E-state index contributed by atoms with van der Waals surface area (Å²) < 4.78 is 0. The van der Waals surface area contributed by atoms with Crippen LogP contribution >= 0.6 is 11.6 Å². The topological polar surface area (TPSA) is 58.0 Å². The number of aliphatic hydroxyl groups is 1. The summed E-state index contributed by atoms with van der Waals surface area (Å²) in [4.78, 5) is 8.06. The summed E-state index contributed by atoms with van der Waals surface area (Å²) in [6.45, 7) is 0.509. The first-order valence-electron chi connectivity index (χ1n) is 5.62. The van der Waals surface area contributed by atoms with Crippen LogP contribution in [-0.2, 0) is 0 Å². The molecule has 4 nitrogen and oxygen atoms in total. The lowest BCUT2D eigenvalue weighted by Gasteiger charge is -2.32. The lowest BCUT2D eigenvalue weighted by atomic mass is 9.85. The normalized spacial score (nSPS) is 19.4. The van der Waals surface area contributed by atoms with Gasteiger partial charge in [-0.2, -0.15) is 0 Å². The van der Waals surface area contributed by atoms with Crippen molar-refractivity contribution in [3.63, 3.8) is 0 Å². The molecule has 0 saturated heterocycles. The van der Waals surface area contributed by atoms with E-state index in [9.17, 15) is 5.11 Å². The molecule has 1 heterocycles. The van der Waals surface area contributed by atoms with Crippen LogP contribution in [0.1, 0.15) is 32.1 Å². The minimum Gasteiger partial charge on any atom is -0.388 e. The van der Waals surface area contributed by atoms with E-state index in [0.717, 1.165) is 25.7 Å². The van der Waals surface area contributed by atoms with Gasteiger partial charge in [-0.1, -0.05) is 30.9 Å². The van der Waals surface area contributed by atoms with Crippen LogP contribution in [0.25, 0.3) is 0 Å². The van der Waals surface area contributed by atoms with Crippen molar-refractivity contribution in [1.29, 1.82) is 0 Å². The summed E-state index contributed by atoms with van der Waals surface area (Å²) in [5.74, 6) is 0.517. The van der Waals surface area contributed by atoms with E-state index < -0.39 is 5.60 Å². The van der Waals surface area contributed by atoms with E-state index in [1.54, 1.807) is 12.4 Å². The van der Waals surface area contributed by atoms with Crippen molar-refractivity contribution < 1.29 is 5.11 Å². The smallest absolute Gasteiger partial charge is 0.222 e. The van der Waals surface area contributed by atoms with Gasteiger partial charge in [-0.3, -0.25) is 0 Å². The number of halogens is 1. The average Bonchev–Trinajstić information content (AvgIpc) is 2.29. The fourth-order valence-corrected chi connectivity index (χ4v) is 2.13. The van der Waals surface area contributed by atoms with Crippen LogP contribution in [0.4, 0.5) is 5.95 Å². The van der Waals surface area contributed by atoms with Crippen molar-refractivity contribution in [2.75, 3.05) is 11.9 Å².